The highest BCUT2D eigenvalue weighted by molar-refractivity contribution is 6.35. The topological polar surface area (TPSA) is 87.0 Å². The van der Waals surface area contributed by atoms with Gasteiger partial charge in [0.05, 0.1) is 22.7 Å². The van der Waals surface area contributed by atoms with Crippen LogP contribution in [0, 0.1) is 0 Å². The molecular formula is C26H18Cl2F3NO6. The quantitative estimate of drug-likeness (QED) is 0.240. The van der Waals surface area contributed by atoms with Gasteiger partial charge in [0.1, 0.15) is 11.3 Å². The number of fused-ring (bicyclic) bond motifs is 1. The van der Waals surface area contributed by atoms with Gasteiger partial charge < -0.3 is 23.9 Å². The van der Waals surface area contributed by atoms with E-state index in [2.05, 4.69) is 5.32 Å². The number of carbonyl (C=O) groups excluding carboxylic acids is 1. The first-order chi connectivity index (χ1) is 18.1. The van der Waals surface area contributed by atoms with Gasteiger partial charge in [0, 0.05) is 11.1 Å². The molecule has 4 aromatic rings. The number of halogens is 5. The summed E-state index contributed by atoms with van der Waals surface area (Å²) in [5.41, 5.74) is -1.21. The van der Waals surface area contributed by atoms with Crippen LogP contribution >= 0.6 is 23.2 Å². The Kier molecular flexibility index (Phi) is 8.03. The SMILES string of the molecule is CCOc1ccccc1Oc1c(C(F)(F)F)oc2cc(OCC(=O)Nc3cc(Cl)ccc3Cl)ccc2c1=O. The largest absolute Gasteiger partial charge is 0.490 e. The summed E-state index contributed by atoms with van der Waals surface area (Å²) < 4.78 is 62.9. The molecule has 0 unspecified atom stereocenters. The van der Waals surface area contributed by atoms with Crippen LogP contribution in [0.15, 0.2) is 69.9 Å². The van der Waals surface area contributed by atoms with Gasteiger partial charge in [0.25, 0.3) is 11.7 Å². The van der Waals surface area contributed by atoms with Gasteiger partial charge in [-0.25, -0.2) is 0 Å². The lowest BCUT2D eigenvalue weighted by molar-refractivity contribution is -0.154. The van der Waals surface area contributed by atoms with E-state index in [0.29, 0.717) is 5.02 Å². The van der Waals surface area contributed by atoms with E-state index in [9.17, 15) is 22.8 Å². The van der Waals surface area contributed by atoms with Crippen LogP contribution in [-0.2, 0) is 11.0 Å². The lowest BCUT2D eigenvalue weighted by Gasteiger charge is -2.15. The molecule has 0 aliphatic rings. The number of anilines is 1. The van der Waals surface area contributed by atoms with Crippen molar-refractivity contribution in [2.75, 3.05) is 18.5 Å². The molecule has 0 atom stereocenters. The Bertz CT molecular complexity index is 1550. The number of hydrogen-bond donors (Lipinski definition) is 1. The normalized spacial score (nSPS) is 11.3. The Balaban J connectivity index is 1.62. The van der Waals surface area contributed by atoms with E-state index >= 15 is 0 Å². The third-order valence-corrected chi connectivity index (χ3v) is 5.58. The average Bonchev–Trinajstić information content (AvgIpc) is 2.87. The zero-order valence-corrected chi connectivity index (χ0v) is 21.0. The van der Waals surface area contributed by atoms with Crippen LogP contribution in [0.25, 0.3) is 11.0 Å². The molecule has 0 saturated heterocycles. The Morgan fingerprint density at radius 1 is 1.00 bits per heavy atom. The molecule has 198 valence electrons. The monoisotopic (exact) mass is 567 g/mol. The van der Waals surface area contributed by atoms with Gasteiger partial charge >= 0.3 is 6.18 Å². The highest BCUT2D eigenvalue weighted by Gasteiger charge is 2.40. The lowest BCUT2D eigenvalue weighted by atomic mass is 10.2. The molecule has 1 aromatic heterocycles. The first-order valence-corrected chi connectivity index (χ1v) is 11.8. The van der Waals surface area contributed by atoms with Crippen molar-refractivity contribution in [2.24, 2.45) is 0 Å². The fourth-order valence-corrected chi connectivity index (χ4v) is 3.71. The van der Waals surface area contributed by atoms with Gasteiger partial charge in [-0.1, -0.05) is 35.3 Å². The number of ether oxygens (including phenoxy) is 3. The van der Waals surface area contributed by atoms with Crippen molar-refractivity contribution in [3.05, 3.63) is 86.7 Å². The standard InChI is InChI=1S/C26H18Cl2F3NO6/c1-2-35-19-5-3-4-6-20(19)37-24-23(34)16-9-8-15(12-21(16)38-25(24)26(29,30)31)36-13-22(33)32-18-11-14(27)7-10-17(18)28/h3-12H,2,13H2,1H3,(H,32,33). The molecule has 1 heterocycles. The Morgan fingerprint density at radius 3 is 2.45 bits per heavy atom. The number of rotatable bonds is 8. The number of para-hydroxylation sites is 2. The lowest BCUT2D eigenvalue weighted by Crippen LogP contribution is -2.20. The second kappa shape index (κ2) is 11.2. The fraction of sp³-hybridized carbons (Fsp3) is 0.154. The van der Waals surface area contributed by atoms with Gasteiger partial charge in [-0.05, 0) is 49.4 Å². The Hall–Kier alpha value is -3.89. The highest BCUT2D eigenvalue weighted by atomic mass is 35.5. The molecule has 0 saturated carbocycles. The second-order valence-corrected chi connectivity index (χ2v) is 8.53. The van der Waals surface area contributed by atoms with Gasteiger partial charge in [0.2, 0.25) is 11.2 Å². The van der Waals surface area contributed by atoms with E-state index < -0.39 is 41.2 Å². The van der Waals surface area contributed by atoms with Crippen molar-refractivity contribution >= 4 is 45.8 Å². The predicted octanol–water partition coefficient (Wildman–Crippen LogP) is 7.33. The number of hydrogen-bond acceptors (Lipinski definition) is 6. The van der Waals surface area contributed by atoms with Crippen molar-refractivity contribution in [2.45, 2.75) is 13.1 Å². The van der Waals surface area contributed by atoms with Crippen LogP contribution in [0.1, 0.15) is 12.7 Å². The fourth-order valence-electron chi connectivity index (χ4n) is 3.37. The van der Waals surface area contributed by atoms with E-state index in [4.69, 9.17) is 41.8 Å². The maximum Gasteiger partial charge on any atom is 0.453 e. The van der Waals surface area contributed by atoms with Gasteiger partial charge in [-0.15, -0.1) is 0 Å². The molecule has 0 aliphatic carbocycles. The summed E-state index contributed by atoms with van der Waals surface area (Å²) in [6.07, 6.45) is -5.06. The summed E-state index contributed by atoms with van der Waals surface area (Å²) in [7, 11) is 0. The van der Waals surface area contributed by atoms with Crippen molar-refractivity contribution < 1.29 is 36.6 Å². The summed E-state index contributed by atoms with van der Waals surface area (Å²) >= 11 is 11.9. The molecule has 0 bridgehead atoms. The first-order valence-electron chi connectivity index (χ1n) is 11.0. The van der Waals surface area contributed by atoms with Gasteiger partial charge in [0.15, 0.2) is 18.1 Å². The molecule has 4 rings (SSSR count). The molecule has 1 N–H and O–H groups in total. The Morgan fingerprint density at radius 2 is 1.74 bits per heavy atom. The highest BCUT2D eigenvalue weighted by Crippen LogP contribution is 2.40. The molecule has 1 amide bonds. The van der Waals surface area contributed by atoms with E-state index in [1.807, 2.05) is 0 Å². The molecule has 0 fully saturated rings. The second-order valence-electron chi connectivity index (χ2n) is 7.69. The van der Waals surface area contributed by atoms with Gasteiger partial charge in [-0.3, -0.25) is 9.59 Å². The van der Waals surface area contributed by atoms with Gasteiger partial charge in [-0.2, -0.15) is 13.2 Å². The van der Waals surface area contributed by atoms with Crippen LogP contribution in [0.4, 0.5) is 18.9 Å². The van der Waals surface area contributed by atoms with Crippen LogP contribution in [-0.4, -0.2) is 19.1 Å². The van der Waals surface area contributed by atoms with Crippen molar-refractivity contribution in [1.82, 2.24) is 0 Å². The smallest absolute Gasteiger partial charge is 0.453 e. The number of amides is 1. The zero-order chi connectivity index (χ0) is 27.4. The van der Waals surface area contributed by atoms with Crippen molar-refractivity contribution in [3.63, 3.8) is 0 Å². The van der Waals surface area contributed by atoms with Crippen LogP contribution in [0.2, 0.25) is 10.0 Å². The third-order valence-electron chi connectivity index (χ3n) is 5.01. The number of nitrogens with one attached hydrogen (secondary N) is 1. The van der Waals surface area contributed by atoms with E-state index in [1.165, 1.54) is 42.5 Å². The molecule has 0 radical (unpaired) electrons. The third kappa shape index (κ3) is 6.15. The molecule has 38 heavy (non-hydrogen) atoms. The van der Waals surface area contributed by atoms with E-state index in [-0.39, 0.29) is 40.0 Å². The Labute approximate surface area is 223 Å². The summed E-state index contributed by atoms with van der Waals surface area (Å²) in [5, 5.41) is 2.92. The first kappa shape index (κ1) is 27.2. The number of alkyl halides is 3. The van der Waals surface area contributed by atoms with Crippen LogP contribution in [0.5, 0.6) is 23.0 Å². The minimum absolute atomic E-state index is 0.0172. The average molecular weight is 568 g/mol. The molecule has 3 aromatic carbocycles. The van der Waals surface area contributed by atoms with E-state index in [0.717, 1.165) is 6.07 Å². The predicted molar refractivity (Wildman–Crippen MR) is 136 cm³/mol. The summed E-state index contributed by atoms with van der Waals surface area (Å²) in [6, 6.07) is 14.1. The van der Waals surface area contributed by atoms with Crippen LogP contribution in [0.3, 0.4) is 0 Å². The molecular weight excluding hydrogens is 550 g/mol. The van der Waals surface area contributed by atoms with E-state index in [1.54, 1.807) is 19.1 Å². The molecule has 0 aliphatic heterocycles. The van der Waals surface area contributed by atoms with Crippen molar-refractivity contribution in [3.8, 4) is 23.0 Å². The number of benzene rings is 3. The van der Waals surface area contributed by atoms with Crippen LogP contribution < -0.4 is 25.0 Å². The molecule has 0 spiro atoms. The van der Waals surface area contributed by atoms with Crippen molar-refractivity contribution in [1.29, 1.82) is 0 Å². The summed E-state index contributed by atoms with van der Waals surface area (Å²) in [6.45, 7) is 1.41. The minimum Gasteiger partial charge on any atom is -0.490 e. The molecule has 12 heteroatoms. The maximum atomic E-state index is 13.9. The summed E-state index contributed by atoms with van der Waals surface area (Å²) in [5.74, 6) is -3.23. The zero-order valence-electron chi connectivity index (χ0n) is 19.5. The minimum atomic E-state index is -5.06. The molecule has 7 nitrogen and oxygen atoms in total. The maximum absolute atomic E-state index is 13.9. The number of carbonyl (C=O) groups is 1. The summed E-state index contributed by atoms with van der Waals surface area (Å²) in [4.78, 5) is 25.3.